The number of hydrogen-bond acceptors (Lipinski definition) is 3. The fourth-order valence-corrected chi connectivity index (χ4v) is 10.1. The quantitative estimate of drug-likeness (QED) is 0.176. The second kappa shape index (κ2) is 13.2. The zero-order valence-electron chi connectivity index (χ0n) is 30.4. The van der Waals surface area contributed by atoms with Gasteiger partial charge in [-0.05, 0) is 86.0 Å². The van der Waals surface area contributed by atoms with E-state index >= 15 is 0 Å². The smallest absolute Gasteiger partial charge is 0.160 e. The predicted octanol–water partition coefficient (Wildman–Crippen LogP) is 13.6. The number of benzene rings is 8. The Bertz CT molecular complexity index is 2850. The largest absolute Gasteiger partial charge is 0.228 e. The summed E-state index contributed by atoms with van der Waals surface area (Å²) in [5, 5.41) is 0. The normalized spacial score (nSPS) is 13.1. The Kier molecular flexibility index (Phi) is 7.68. The van der Waals surface area contributed by atoms with Gasteiger partial charge in [-0.2, -0.15) is 0 Å². The average molecular weight is 731 g/mol. The van der Waals surface area contributed by atoms with Crippen molar-refractivity contribution in [2.75, 3.05) is 0 Å². The van der Waals surface area contributed by atoms with Gasteiger partial charge in [0.1, 0.15) is 0 Å². The first-order valence-electron chi connectivity index (χ1n) is 19.1. The Hall–Kier alpha value is -6.81. The molecule has 1 spiro atoms. The maximum Gasteiger partial charge on any atom is 0.160 e. The molecule has 0 atom stereocenters. The van der Waals surface area contributed by atoms with Crippen molar-refractivity contribution in [3.63, 3.8) is 0 Å². The maximum atomic E-state index is 5.10. The molecule has 0 radical (unpaired) electrons. The van der Waals surface area contributed by atoms with Crippen LogP contribution in [0, 0.1) is 0 Å². The van der Waals surface area contributed by atoms with Gasteiger partial charge in [0.15, 0.2) is 5.82 Å². The highest BCUT2D eigenvalue weighted by molar-refractivity contribution is 7.99. The number of aromatic nitrogens is 2. The molecule has 9 aromatic rings. The third kappa shape index (κ3) is 5.20. The highest BCUT2D eigenvalue weighted by atomic mass is 32.2. The van der Waals surface area contributed by atoms with Crippen molar-refractivity contribution < 1.29 is 0 Å². The van der Waals surface area contributed by atoms with Crippen LogP contribution in [-0.4, -0.2) is 9.97 Å². The van der Waals surface area contributed by atoms with Crippen LogP contribution in [0.5, 0.6) is 0 Å². The van der Waals surface area contributed by atoms with Crippen LogP contribution in [-0.2, 0) is 5.41 Å². The van der Waals surface area contributed by atoms with E-state index in [0.717, 1.165) is 39.2 Å². The lowest BCUT2D eigenvalue weighted by atomic mass is 9.67. The highest BCUT2D eigenvalue weighted by Gasteiger charge is 2.50. The molecule has 1 aromatic heterocycles. The molecule has 0 bridgehead atoms. The van der Waals surface area contributed by atoms with Crippen molar-refractivity contribution in [2.24, 2.45) is 0 Å². The first kappa shape index (κ1) is 32.6. The van der Waals surface area contributed by atoms with Gasteiger partial charge in [-0.15, -0.1) is 0 Å². The molecule has 0 fully saturated rings. The second-order valence-electron chi connectivity index (χ2n) is 14.5. The molecule has 0 unspecified atom stereocenters. The van der Waals surface area contributed by atoms with Gasteiger partial charge in [-0.3, -0.25) is 0 Å². The average Bonchev–Trinajstić information content (AvgIpc) is 3.57. The third-order valence-electron chi connectivity index (χ3n) is 11.4. The van der Waals surface area contributed by atoms with Crippen molar-refractivity contribution in [1.82, 2.24) is 9.97 Å². The summed E-state index contributed by atoms with van der Waals surface area (Å²) >= 11 is 1.89. The van der Waals surface area contributed by atoms with E-state index in [2.05, 4.69) is 194 Å². The van der Waals surface area contributed by atoms with Crippen LogP contribution < -0.4 is 0 Å². The fraction of sp³-hybridized carbons (Fsp3) is 0.0189. The summed E-state index contributed by atoms with van der Waals surface area (Å²) in [6.07, 6.45) is 0. The minimum Gasteiger partial charge on any atom is -0.228 e. The molecule has 1 aliphatic heterocycles. The molecule has 0 saturated carbocycles. The zero-order valence-corrected chi connectivity index (χ0v) is 31.2. The van der Waals surface area contributed by atoms with Crippen LogP contribution in [0.3, 0.4) is 0 Å². The van der Waals surface area contributed by atoms with Crippen molar-refractivity contribution in [3.8, 4) is 67.3 Å². The van der Waals surface area contributed by atoms with Gasteiger partial charge in [0, 0.05) is 26.5 Å². The number of fused-ring (bicyclic) bond motifs is 9. The monoisotopic (exact) mass is 730 g/mol. The van der Waals surface area contributed by atoms with E-state index in [-0.39, 0.29) is 5.41 Å². The van der Waals surface area contributed by atoms with Gasteiger partial charge in [-0.25, -0.2) is 9.97 Å². The van der Waals surface area contributed by atoms with E-state index in [0.29, 0.717) is 5.82 Å². The topological polar surface area (TPSA) is 25.8 Å². The first-order chi connectivity index (χ1) is 27.7. The lowest BCUT2D eigenvalue weighted by Crippen LogP contribution is -2.31. The highest BCUT2D eigenvalue weighted by Crippen LogP contribution is 2.62. The lowest BCUT2D eigenvalue weighted by Gasteiger charge is -2.39. The zero-order chi connectivity index (χ0) is 37.1. The number of nitrogens with zero attached hydrogens (tertiary/aromatic N) is 2. The van der Waals surface area contributed by atoms with Crippen LogP contribution in [0.25, 0.3) is 67.3 Å². The van der Waals surface area contributed by atoms with Crippen LogP contribution in [0.2, 0.25) is 0 Å². The van der Waals surface area contributed by atoms with Gasteiger partial charge >= 0.3 is 0 Å². The molecular formula is C53H34N2S. The van der Waals surface area contributed by atoms with Crippen molar-refractivity contribution >= 4 is 11.8 Å². The molecule has 1 aliphatic carbocycles. The maximum absolute atomic E-state index is 5.10. The number of rotatable bonds is 5. The Morgan fingerprint density at radius 1 is 0.304 bits per heavy atom. The van der Waals surface area contributed by atoms with E-state index in [1.54, 1.807) is 0 Å². The van der Waals surface area contributed by atoms with E-state index in [1.165, 1.54) is 54.3 Å². The molecular weight excluding hydrogens is 697 g/mol. The summed E-state index contributed by atoms with van der Waals surface area (Å²) in [4.78, 5) is 12.8. The summed E-state index contributed by atoms with van der Waals surface area (Å²) in [6, 6.07) is 74.4. The van der Waals surface area contributed by atoms with Gasteiger partial charge in [0.2, 0.25) is 0 Å². The van der Waals surface area contributed by atoms with Gasteiger partial charge < -0.3 is 0 Å². The molecule has 2 aliphatic rings. The van der Waals surface area contributed by atoms with Crippen molar-refractivity contribution in [2.45, 2.75) is 15.2 Å². The second-order valence-corrected chi connectivity index (χ2v) is 15.6. The van der Waals surface area contributed by atoms with E-state index in [4.69, 9.17) is 9.97 Å². The standard InChI is InChI=1S/C53H34N2S/c1-3-15-35(16-4-1)48-34-49(36-17-5-2-6-18-36)55-52(54-48)41-22-14-21-39(32-41)37-19-13-20-38(31-37)40-29-30-47-51(33-40)56-50-28-12-11-27-46(50)53(47)44-25-9-7-23-42(44)43-24-8-10-26-45(43)53/h1-34H. The summed E-state index contributed by atoms with van der Waals surface area (Å²) in [7, 11) is 0. The molecule has 2 heterocycles. The molecule has 8 aromatic carbocycles. The van der Waals surface area contributed by atoms with E-state index in [9.17, 15) is 0 Å². The first-order valence-corrected chi connectivity index (χ1v) is 19.9. The minimum absolute atomic E-state index is 0.370. The van der Waals surface area contributed by atoms with E-state index in [1.807, 2.05) is 23.9 Å². The SMILES string of the molecule is c1ccc(-c2cc(-c3ccccc3)nc(-c3cccc(-c4cccc(-c5ccc6c(c5)Sc5ccccc5C65c6ccccc6-c6ccccc65)c4)c3)n2)cc1. The fourth-order valence-electron chi connectivity index (χ4n) is 8.85. The minimum atomic E-state index is -0.370. The molecule has 0 amide bonds. The molecule has 0 saturated heterocycles. The predicted molar refractivity (Wildman–Crippen MR) is 231 cm³/mol. The van der Waals surface area contributed by atoms with Crippen molar-refractivity contribution in [1.29, 1.82) is 0 Å². The number of hydrogen-bond donors (Lipinski definition) is 0. The summed E-state index contributed by atoms with van der Waals surface area (Å²) in [6.45, 7) is 0. The van der Waals surface area contributed by atoms with Crippen LogP contribution >= 0.6 is 11.8 Å². The molecule has 11 rings (SSSR count). The molecule has 3 heteroatoms. The third-order valence-corrected chi connectivity index (χ3v) is 12.5. The summed E-state index contributed by atoms with van der Waals surface area (Å²) in [5.41, 5.74) is 17.3. The Labute approximate surface area is 331 Å². The molecule has 0 N–H and O–H groups in total. The van der Waals surface area contributed by atoms with E-state index < -0.39 is 0 Å². The molecule has 2 nitrogen and oxygen atoms in total. The van der Waals surface area contributed by atoms with Crippen LogP contribution in [0.15, 0.2) is 216 Å². The Morgan fingerprint density at radius 2 is 0.750 bits per heavy atom. The summed E-state index contributed by atoms with van der Waals surface area (Å²) in [5.74, 6) is 0.708. The van der Waals surface area contributed by atoms with Gasteiger partial charge in [-0.1, -0.05) is 188 Å². The van der Waals surface area contributed by atoms with Gasteiger partial charge in [0.05, 0.1) is 16.8 Å². The molecule has 56 heavy (non-hydrogen) atoms. The summed E-state index contributed by atoms with van der Waals surface area (Å²) < 4.78 is 0. The van der Waals surface area contributed by atoms with Crippen LogP contribution in [0.1, 0.15) is 22.3 Å². The van der Waals surface area contributed by atoms with Crippen molar-refractivity contribution in [3.05, 3.63) is 229 Å². The molecule has 262 valence electrons. The Morgan fingerprint density at radius 3 is 1.36 bits per heavy atom. The van der Waals surface area contributed by atoms with Crippen LogP contribution in [0.4, 0.5) is 0 Å². The lowest BCUT2D eigenvalue weighted by molar-refractivity contribution is 0.722. The Balaban J connectivity index is 1.00. The van der Waals surface area contributed by atoms with Gasteiger partial charge in [0.25, 0.3) is 0 Å².